The lowest BCUT2D eigenvalue weighted by Crippen LogP contribution is -2.33. The predicted octanol–water partition coefficient (Wildman–Crippen LogP) is 6.10. The molecule has 1 aliphatic heterocycles. The van der Waals surface area contributed by atoms with Crippen molar-refractivity contribution in [2.75, 3.05) is 19.7 Å². The van der Waals surface area contributed by atoms with E-state index in [-0.39, 0.29) is 30.9 Å². The fourth-order valence-electron chi connectivity index (χ4n) is 3.23. The Bertz CT molecular complexity index is 737. The van der Waals surface area contributed by atoms with E-state index in [1.54, 1.807) is 11.8 Å². The van der Waals surface area contributed by atoms with Gasteiger partial charge >= 0.3 is 0 Å². The van der Waals surface area contributed by atoms with Gasteiger partial charge in [-0.2, -0.15) is 0 Å². The highest BCUT2D eigenvalue weighted by Crippen LogP contribution is 2.34. The van der Waals surface area contributed by atoms with E-state index in [0.717, 1.165) is 42.9 Å². The van der Waals surface area contributed by atoms with Crippen LogP contribution in [0, 0.1) is 5.82 Å². The van der Waals surface area contributed by atoms with Crippen molar-refractivity contribution in [2.24, 2.45) is 0 Å². The van der Waals surface area contributed by atoms with Gasteiger partial charge in [0.2, 0.25) is 0 Å². The first-order valence-corrected chi connectivity index (χ1v) is 10.1. The molecular weight excluding hydrogens is 404 g/mol. The fraction of sp³-hybridized carbons (Fsp3) is 0.333. The molecule has 0 aliphatic carbocycles. The molecule has 1 unspecified atom stereocenters. The van der Waals surface area contributed by atoms with Crippen molar-refractivity contribution in [1.82, 2.24) is 4.90 Å². The van der Waals surface area contributed by atoms with Crippen LogP contribution in [0.4, 0.5) is 4.39 Å². The van der Waals surface area contributed by atoms with Gasteiger partial charge in [0.15, 0.2) is 0 Å². The Labute approximate surface area is 175 Å². The number of thioether (sulfide) groups is 1. The summed E-state index contributed by atoms with van der Waals surface area (Å²) in [4.78, 5) is 4.97. The Morgan fingerprint density at radius 1 is 1.11 bits per heavy atom. The molecule has 0 bridgehead atoms. The van der Waals surface area contributed by atoms with Gasteiger partial charge in [0.1, 0.15) is 5.82 Å². The van der Waals surface area contributed by atoms with E-state index in [9.17, 15) is 9.50 Å². The van der Waals surface area contributed by atoms with Crippen molar-refractivity contribution in [2.45, 2.75) is 30.2 Å². The molecule has 0 radical (unpaired) electrons. The topological polar surface area (TPSA) is 23.5 Å². The highest BCUT2D eigenvalue weighted by molar-refractivity contribution is 8.03. The van der Waals surface area contributed by atoms with E-state index in [1.807, 2.05) is 36.4 Å². The van der Waals surface area contributed by atoms with Crippen LogP contribution in [0.1, 0.15) is 30.9 Å². The summed E-state index contributed by atoms with van der Waals surface area (Å²) in [5, 5.41) is 9.98. The van der Waals surface area contributed by atoms with Gasteiger partial charge in [0.05, 0.1) is 0 Å². The molecule has 0 aromatic heterocycles. The first-order valence-electron chi connectivity index (χ1n) is 8.88. The predicted molar refractivity (Wildman–Crippen MR) is 114 cm³/mol. The Hall–Kier alpha value is -1.04. The standard InChI is InChI=1S/C21H23ClFNOS.ClH/c22-17-5-9-19(10-6-17)26-20-11-13-24(14-12-20)21(2-1-15-25)16-3-7-18(23)8-4-16;/h3-11,21,25H,1-2,12-15H2;1H. The number of nitrogens with zero attached hydrogens (tertiary/aromatic N) is 1. The molecule has 0 saturated heterocycles. The number of hydrogen-bond acceptors (Lipinski definition) is 3. The third kappa shape index (κ3) is 6.51. The number of aliphatic hydroxyl groups is 1. The largest absolute Gasteiger partial charge is 0.396 e. The molecule has 3 rings (SSSR count). The number of halogens is 3. The molecule has 1 atom stereocenters. The second-order valence-corrected chi connectivity index (χ2v) is 8.04. The molecule has 2 aromatic rings. The van der Waals surface area contributed by atoms with Crippen LogP contribution < -0.4 is 0 Å². The van der Waals surface area contributed by atoms with Gasteiger partial charge in [0.25, 0.3) is 0 Å². The van der Waals surface area contributed by atoms with Crippen molar-refractivity contribution in [1.29, 1.82) is 0 Å². The van der Waals surface area contributed by atoms with E-state index in [2.05, 4.69) is 11.0 Å². The van der Waals surface area contributed by atoms with Gasteiger partial charge in [-0.25, -0.2) is 4.39 Å². The number of aliphatic hydroxyl groups excluding tert-OH is 1. The smallest absolute Gasteiger partial charge is 0.123 e. The van der Waals surface area contributed by atoms with E-state index in [1.165, 1.54) is 21.9 Å². The van der Waals surface area contributed by atoms with Crippen molar-refractivity contribution in [3.05, 3.63) is 75.9 Å². The van der Waals surface area contributed by atoms with E-state index in [4.69, 9.17) is 11.6 Å². The third-order valence-corrected chi connectivity index (χ3v) is 5.99. The Morgan fingerprint density at radius 3 is 2.41 bits per heavy atom. The summed E-state index contributed by atoms with van der Waals surface area (Å²) in [7, 11) is 0. The molecule has 1 N–H and O–H groups in total. The summed E-state index contributed by atoms with van der Waals surface area (Å²) in [6, 6.07) is 14.9. The SMILES string of the molecule is Cl.OCCCC(c1ccc(F)cc1)N1CC=C(Sc2ccc(Cl)cc2)CC1. The zero-order valence-electron chi connectivity index (χ0n) is 15.0. The maximum absolute atomic E-state index is 13.3. The van der Waals surface area contributed by atoms with Gasteiger partial charge in [-0.05, 0) is 66.1 Å². The molecule has 1 aliphatic rings. The van der Waals surface area contributed by atoms with Gasteiger partial charge in [0, 0.05) is 35.7 Å². The highest BCUT2D eigenvalue weighted by Gasteiger charge is 2.22. The van der Waals surface area contributed by atoms with Crippen molar-refractivity contribution in [3.63, 3.8) is 0 Å². The maximum atomic E-state index is 13.3. The zero-order valence-corrected chi connectivity index (χ0v) is 17.4. The lowest BCUT2D eigenvalue weighted by molar-refractivity contribution is 0.186. The van der Waals surface area contributed by atoms with E-state index < -0.39 is 0 Å². The number of benzene rings is 2. The van der Waals surface area contributed by atoms with Crippen molar-refractivity contribution < 1.29 is 9.50 Å². The van der Waals surface area contributed by atoms with Crippen LogP contribution in [0.3, 0.4) is 0 Å². The van der Waals surface area contributed by atoms with Crippen LogP contribution in [0.2, 0.25) is 5.02 Å². The van der Waals surface area contributed by atoms with Crippen LogP contribution in [0.25, 0.3) is 0 Å². The fourth-order valence-corrected chi connectivity index (χ4v) is 4.28. The molecule has 2 nitrogen and oxygen atoms in total. The van der Waals surface area contributed by atoms with Gasteiger partial charge in [-0.1, -0.05) is 41.6 Å². The summed E-state index contributed by atoms with van der Waals surface area (Å²) in [5.41, 5.74) is 1.11. The number of rotatable bonds is 7. The van der Waals surface area contributed by atoms with Gasteiger partial charge in [-0.3, -0.25) is 4.90 Å². The van der Waals surface area contributed by atoms with Crippen LogP contribution in [0.5, 0.6) is 0 Å². The summed E-state index contributed by atoms with van der Waals surface area (Å²) < 4.78 is 13.3. The molecule has 0 spiro atoms. The second kappa shape index (κ2) is 11.1. The molecule has 146 valence electrons. The first kappa shape index (κ1) is 22.3. The summed E-state index contributed by atoms with van der Waals surface area (Å²) in [6.07, 6.45) is 4.88. The zero-order chi connectivity index (χ0) is 18.4. The Balaban J connectivity index is 0.00000261. The minimum Gasteiger partial charge on any atom is -0.396 e. The van der Waals surface area contributed by atoms with Crippen LogP contribution in [0.15, 0.2) is 64.4 Å². The van der Waals surface area contributed by atoms with E-state index in [0.29, 0.717) is 0 Å². The van der Waals surface area contributed by atoms with Gasteiger partial charge in [-0.15, -0.1) is 12.4 Å². The van der Waals surface area contributed by atoms with Crippen LogP contribution in [-0.2, 0) is 0 Å². The van der Waals surface area contributed by atoms with Gasteiger partial charge < -0.3 is 5.11 Å². The quantitative estimate of drug-likeness (QED) is 0.577. The molecule has 0 fully saturated rings. The van der Waals surface area contributed by atoms with Crippen molar-refractivity contribution in [3.8, 4) is 0 Å². The maximum Gasteiger partial charge on any atom is 0.123 e. The first-order chi connectivity index (χ1) is 12.7. The molecule has 1 heterocycles. The summed E-state index contributed by atoms with van der Waals surface area (Å²) in [6.45, 7) is 2.00. The molecule has 0 saturated carbocycles. The Morgan fingerprint density at radius 2 is 1.81 bits per heavy atom. The van der Waals surface area contributed by atoms with Crippen molar-refractivity contribution >= 4 is 35.8 Å². The van der Waals surface area contributed by atoms with Crippen LogP contribution in [-0.4, -0.2) is 29.7 Å². The minimum absolute atomic E-state index is 0. The molecule has 27 heavy (non-hydrogen) atoms. The van der Waals surface area contributed by atoms with E-state index >= 15 is 0 Å². The molecule has 0 amide bonds. The normalized spacial score (nSPS) is 15.7. The Kier molecular flexibility index (Phi) is 9.13. The second-order valence-electron chi connectivity index (χ2n) is 6.40. The summed E-state index contributed by atoms with van der Waals surface area (Å²) >= 11 is 7.74. The number of hydrogen-bond donors (Lipinski definition) is 1. The lowest BCUT2D eigenvalue weighted by atomic mass is 9.99. The minimum atomic E-state index is -0.213. The monoisotopic (exact) mass is 427 g/mol. The lowest BCUT2D eigenvalue weighted by Gasteiger charge is -2.34. The average Bonchev–Trinajstić information content (AvgIpc) is 2.66. The molecular formula is C21H24Cl2FNOS. The van der Waals surface area contributed by atoms with Crippen LogP contribution >= 0.6 is 35.8 Å². The highest BCUT2D eigenvalue weighted by atomic mass is 35.5. The molecule has 6 heteroatoms. The average molecular weight is 428 g/mol. The third-order valence-electron chi connectivity index (χ3n) is 4.59. The molecule has 2 aromatic carbocycles. The summed E-state index contributed by atoms with van der Waals surface area (Å²) in [5.74, 6) is -0.213.